The highest BCUT2D eigenvalue weighted by Gasteiger charge is 2.59. The molecule has 1 saturated carbocycles. The molecule has 0 aromatic heterocycles. The number of carbonyl (C=O) groups is 3. The van der Waals surface area contributed by atoms with Crippen molar-refractivity contribution in [1.29, 1.82) is 0 Å². The predicted octanol–water partition coefficient (Wildman–Crippen LogP) is 0.759. The summed E-state index contributed by atoms with van der Waals surface area (Å²) in [7, 11) is 0. The topological polar surface area (TPSA) is 57.7 Å². The van der Waals surface area contributed by atoms with Crippen LogP contribution in [0.4, 0.5) is 0 Å². The summed E-state index contributed by atoms with van der Waals surface area (Å²) in [6.07, 6.45) is 6.07. The monoisotopic (exact) mass is 320 g/mol. The standard InChI is InChI=1S/C16H20N2O3S/c19-12(17-4-1-6-22-7-5-17)9-18-15(20)13-10-2-3-11(8-10)14(13)16(18)21/h2-3,10-11,13-14H,1,4-9H2/t10-,11-,13-,14-/m0/s1. The van der Waals surface area contributed by atoms with Gasteiger partial charge in [-0.15, -0.1) is 0 Å². The van der Waals surface area contributed by atoms with Gasteiger partial charge in [-0.25, -0.2) is 0 Å². The van der Waals surface area contributed by atoms with Gasteiger partial charge < -0.3 is 4.90 Å². The molecule has 2 aliphatic heterocycles. The second-order valence-electron chi connectivity index (χ2n) is 6.61. The van der Waals surface area contributed by atoms with Crippen molar-refractivity contribution in [2.24, 2.45) is 23.7 Å². The molecule has 2 bridgehead atoms. The molecule has 22 heavy (non-hydrogen) atoms. The zero-order valence-corrected chi connectivity index (χ0v) is 13.3. The maximum Gasteiger partial charge on any atom is 0.242 e. The molecule has 0 N–H and O–H groups in total. The Balaban J connectivity index is 1.46. The minimum absolute atomic E-state index is 0.0607. The van der Waals surface area contributed by atoms with Crippen molar-refractivity contribution in [3.8, 4) is 0 Å². The first kappa shape index (κ1) is 14.3. The molecule has 4 atom stereocenters. The number of fused-ring (bicyclic) bond motifs is 5. The number of hydrogen-bond donors (Lipinski definition) is 0. The second-order valence-corrected chi connectivity index (χ2v) is 7.83. The van der Waals surface area contributed by atoms with Crippen LogP contribution in [0.15, 0.2) is 12.2 Å². The lowest BCUT2D eigenvalue weighted by Gasteiger charge is -2.23. The van der Waals surface area contributed by atoms with Crippen molar-refractivity contribution in [1.82, 2.24) is 9.80 Å². The van der Waals surface area contributed by atoms with Crippen LogP contribution in [0.5, 0.6) is 0 Å². The van der Waals surface area contributed by atoms with Gasteiger partial charge >= 0.3 is 0 Å². The Morgan fingerprint density at radius 2 is 1.77 bits per heavy atom. The van der Waals surface area contributed by atoms with E-state index in [1.807, 2.05) is 16.7 Å². The fourth-order valence-electron chi connectivity index (χ4n) is 4.35. The molecule has 118 valence electrons. The number of rotatable bonds is 2. The average Bonchev–Trinajstić information content (AvgIpc) is 3.09. The van der Waals surface area contributed by atoms with Crippen LogP contribution in [0.2, 0.25) is 0 Å². The summed E-state index contributed by atoms with van der Waals surface area (Å²) >= 11 is 1.85. The number of amides is 3. The van der Waals surface area contributed by atoms with E-state index in [1.165, 1.54) is 4.90 Å². The Morgan fingerprint density at radius 3 is 2.45 bits per heavy atom. The third-order valence-corrected chi connectivity index (χ3v) is 6.48. The van der Waals surface area contributed by atoms with E-state index in [9.17, 15) is 14.4 Å². The number of nitrogens with zero attached hydrogens (tertiary/aromatic N) is 2. The molecule has 0 aromatic rings. The van der Waals surface area contributed by atoms with Gasteiger partial charge in [0.25, 0.3) is 0 Å². The SMILES string of the molecule is O=C(CN1C(=O)[C@@H]2[C@@H](C1=O)[C@H]1C=C[C@H]2C1)N1CCCSCC1. The van der Waals surface area contributed by atoms with E-state index in [4.69, 9.17) is 0 Å². The molecule has 2 aliphatic carbocycles. The van der Waals surface area contributed by atoms with Crippen LogP contribution in [-0.2, 0) is 14.4 Å². The van der Waals surface area contributed by atoms with Crippen LogP contribution in [0.25, 0.3) is 0 Å². The molecule has 2 heterocycles. The van der Waals surface area contributed by atoms with E-state index >= 15 is 0 Å². The number of carbonyl (C=O) groups excluding carboxylic acids is 3. The van der Waals surface area contributed by atoms with Crippen LogP contribution in [0, 0.1) is 23.7 Å². The van der Waals surface area contributed by atoms with E-state index < -0.39 is 0 Å². The third-order valence-electron chi connectivity index (χ3n) is 5.43. The zero-order valence-electron chi connectivity index (χ0n) is 12.4. The van der Waals surface area contributed by atoms with Gasteiger partial charge in [0.2, 0.25) is 17.7 Å². The van der Waals surface area contributed by atoms with Gasteiger partial charge in [0.05, 0.1) is 11.8 Å². The number of likely N-dealkylation sites (tertiary alicyclic amines) is 1. The molecule has 4 aliphatic rings. The van der Waals surface area contributed by atoms with Crippen molar-refractivity contribution in [3.63, 3.8) is 0 Å². The highest BCUT2D eigenvalue weighted by molar-refractivity contribution is 7.99. The van der Waals surface area contributed by atoms with Gasteiger partial charge in [0.1, 0.15) is 6.54 Å². The van der Waals surface area contributed by atoms with Gasteiger partial charge in [-0.1, -0.05) is 12.2 Å². The molecule has 0 spiro atoms. The summed E-state index contributed by atoms with van der Waals surface area (Å²) in [5, 5.41) is 0. The normalized spacial score (nSPS) is 36.9. The minimum Gasteiger partial charge on any atom is -0.340 e. The lowest BCUT2D eigenvalue weighted by molar-refractivity contribution is -0.147. The molecule has 5 nitrogen and oxygen atoms in total. The van der Waals surface area contributed by atoms with Gasteiger partial charge in [-0.2, -0.15) is 11.8 Å². The summed E-state index contributed by atoms with van der Waals surface area (Å²) in [5.74, 6) is 1.71. The van der Waals surface area contributed by atoms with E-state index in [2.05, 4.69) is 12.2 Å². The summed E-state index contributed by atoms with van der Waals surface area (Å²) in [4.78, 5) is 40.6. The van der Waals surface area contributed by atoms with Gasteiger partial charge in [0.15, 0.2) is 0 Å². The van der Waals surface area contributed by atoms with Crippen molar-refractivity contribution in [2.45, 2.75) is 12.8 Å². The van der Waals surface area contributed by atoms with Crippen LogP contribution >= 0.6 is 11.8 Å². The third kappa shape index (κ3) is 2.11. The van der Waals surface area contributed by atoms with Crippen LogP contribution in [0.3, 0.4) is 0 Å². The van der Waals surface area contributed by atoms with E-state index in [1.54, 1.807) is 0 Å². The Bertz CT molecular complexity index is 524. The van der Waals surface area contributed by atoms with E-state index in [0.29, 0.717) is 0 Å². The first-order valence-corrected chi connectivity index (χ1v) is 9.21. The molecule has 0 radical (unpaired) electrons. The maximum atomic E-state index is 12.6. The number of hydrogen-bond acceptors (Lipinski definition) is 4. The molecule has 4 rings (SSSR count). The van der Waals surface area contributed by atoms with E-state index in [-0.39, 0.29) is 47.9 Å². The molecular weight excluding hydrogens is 300 g/mol. The minimum atomic E-state index is -0.199. The molecule has 6 heteroatoms. The Kier molecular flexibility index (Phi) is 3.51. The number of thioether (sulfide) groups is 1. The van der Waals surface area contributed by atoms with Crippen molar-refractivity contribution >= 4 is 29.5 Å². The smallest absolute Gasteiger partial charge is 0.242 e. The quantitative estimate of drug-likeness (QED) is 0.557. The van der Waals surface area contributed by atoms with Crippen LogP contribution in [-0.4, -0.2) is 58.7 Å². The summed E-state index contributed by atoms with van der Waals surface area (Å²) < 4.78 is 0. The Morgan fingerprint density at radius 1 is 1.09 bits per heavy atom. The lowest BCUT2D eigenvalue weighted by atomic mass is 9.85. The second kappa shape index (κ2) is 5.41. The Labute approximate surface area is 134 Å². The summed E-state index contributed by atoms with van der Waals surface area (Å²) in [6.45, 7) is 1.40. The van der Waals surface area contributed by atoms with Crippen molar-refractivity contribution < 1.29 is 14.4 Å². The molecular formula is C16H20N2O3S. The zero-order chi connectivity index (χ0) is 15.3. The highest BCUT2D eigenvalue weighted by atomic mass is 32.2. The highest BCUT2D eigenvalue weighted by Crippen LogP contribution is 2.52. The molecule has 3 fully saturated rings. The van der Waals surface area contributed by atoms with Crippen molar-refractivity contribution in [3.05, 3.63) is 12.2 Å². The average molecular weight is 320 g/mol. The first-order valence-electron chi connectivity index (χ1n) is 8.06. The number of imide groups is 1. The molecule has 2 saturated heterocycles. The lowest BCUT2D eigenvalue weighted by Crippen LogP contribution is -2.44. The van der Waals surface area contributed by atoms with Crippen LogP contribution < -0.4 is 0 Å². The molecule has 0 unspecified atom stereocenters. The van der Waals surface area contributed by atoms with Gasteiger partial charge in [-0.3, -0.25) is 19.3 Å². The fourth-order valence-corrected chi connectivity index (χ4v) is 5.24. The van der Waals surface area contributed by atoms with Gasteiger partial charge in [0, 0.05) is 18.8 Å². The Hall–Kier alpha value is -1.30. The van der Waals surface area contributed by atoms with Crippen molar-refractivity contribution in [2.75, 3.05) is 31.1 Å². The number of allylic oxidation sites excluding steroid dienone is 2. The first-order chi connectivity index (χ1) is 10.7. The largest absolute Gasteiger partial charge is 0.340 e. The fraction of sp³-hybridized carbons (Fsp3) is 0.688. The predicted molar refractivity (Wildman–Crippen MR) is 83.0 cm³/mol. The summed E-state index contributed by atoms with van der Waals surface area (Å²) in [6, 6.07) is 0. The molecule has 3 amide bonds. The maximum absolute atomic E-state index is 12.6. The van der Waals surface area contributed by atoms with Crippen LogP contribution in [0.1, 0.15) is 12.8 Å². The molecule has 0 aromatic carbocycles. The van der Waals surface area contributed by atoms with Gasteiger partial charge in [-0.05, 0) is 30.4 Å². The summed E-state index contributed by atoms with van der Waals surface area (Å²) in [5.41, 5.74) is 0. The van der Waals surface area contributed by atoms with E-state index in [0.717, 1.165) is 37.4 Å².